The quantitative estimate of drug-likeness (QED) is 0.336. The Kier molecular flexibility index (Phi) is 6.58. The number of nitrogens with one attached hydrogen (secondary N) is 2. The number of ether oxygens (including phenoxy) is 1. The second kappa shape index (κ2) is 9.13. The summed E-state index contributed by atoms with van der Waals surface area (Å²) in [5.74, 6) is -1.07. The van der Waals surface area contributed by atoms with Crippen LogP contribution in [0.2, 0.25) is 5.02 Å². The molecule has 154 valence electrons. The van der Waals surface area contributed by atoms with Gasteiger partial charge in [0, 0.05) is 17.8 Å². The predicted octanol–water partition coefficient (Wildman–Crippen LogP) is 3.19. The zero-order chi connectivity index (χ0) is 21.0. The third kappa shape index (κ3) is 5.17. The standard InChI is InChI=1S/C20H22ClN3O5/c1-12-8-14(22-19(26)20(27)23-28)10-16(21)18(12)29-15-4-5-17(25)13(9-15)11-24-6-2-3-7-24/h4-5,8-10,25,28H,2-3,6-7,11H2,1H3,(H,22,26)(H,23,27). The van der Waals surface area contributed by atoms with E-state index in [0.717, 1.165) is 31.5 Å². The first-order chi connectivity index (χ1) is 13.9. The fourth-order valence-electron chi connectivity index (χ4n) is 3.22. The van der Waals surface area contributed by atoms with Crippen molar-refractivity contribution >= 4 is 29.1 Å². The Morgan fingerprint density at radius 3 is 2.55 bits per heavy atom. The minimum atomic E-state index is -1.19. The van der Waals surface area contributed by atoms with Gasteiger partial charge in [-0.2, -0.15) is 0 Å². The van der Waals surface area contributed by atoms with E-state index in [4.69, 9.17) is 21.5 Å². The molecule has 1 aliphatic heterocycles. The molecule has 3 rings (SSSR count). The second-order valence-corrected chi connectivity index (χ2v) is 7.28. The van der Waals surface area contributed by atoms with E-state index >= 15 is 0 Å². The molecule has 0 bridgehead atoms. The van der Waals surface area contributed by atoms with Crippen LogP contribution < -0.4 is 15.5 Å². The highest BCUT2D eigenvalue weighted by molar-refractivity contribution is 6.39. The maximum absolute atomic E-state index is 11.6. The lowest BCUT2D eigenvalue weighted by Gasteiger charge is -2.17. The molecule has 9 heteroatoms. The Bertz CT molecular complexity index is 905. The van der Waals surface area contributed by atoms with Crippen LogP contribution in [0.4, 0.5) is 5.69 Å². The van der Waals surface area contributed by atoms with Gasteiger partial charge in [0.05, 0.1) is 5.02 Å². The van der Waals surface area contributed by atoms with E-state index in [1.54, 1.807) is 31.2 Å². The second-order valence-electron chi connectivity index (χ2n) is 6.87. The van der Waals surface area contributed by atoms with E-state index in [1.807, 2.05) is 0 Å². The van der Waals surface area contributed by atoms with Crippen LogP contribution >= 0.6 is 11.6 Å². The monoisotopic (exact) mass is 419 g/mol. The summed E-state index contributed by atoms with van der Waals surface area (Å²) in [6.07, 6.45) is 2.32. The molecule has 0 radical (unpaired) electrons. The molecule has 0 spiro atoms. The first-order valence-electron chi connectivity index (χ1n) is 9.15. The minimum absolute atomic E-state index is 0.215. The van der Waals surface area contributed by atoms with E-state index in [2.05, 4.69) is 10.2 Å². The van der Waals surface area contributed by atoms with Crippen LogP contribution in [0.15, 0.2) is 30.3 Å². The zero-order valence-corrected chi connectivity index (χ0v) is 16.6. The smallest absolute Gasteiger partial charge is 0.332 e. The lowest BCUT2D eigenvalue weighted by atomic mass is 10.1. The number of benzene rings is 2. The number of anilines is 1. The summed E-state index contributed by atoms with van der Waals surface area (Å²) in [7, 11) is 0. The average molecular weight is 420 g/mol. The largest absolute Gasteiger partial charge is 0.508 e. The number of rotatable bonds is 5. The molecule has 2 amide bonds. The highest BCUT2D eigenvalue weighted by Crippen LogP contribution is 2.36. The Morgan fingerprint density at radius 2 is 1.90 bits per heavy atom. The molecule has 0 aliphatic carbocycles. The normalized spacial score (nSPS) is 13.9. The number of nitrogens with zero attached hydrogens (tertiary/aromatic N) is 1. The van der Waals surface area contributed by atoms with Gasteiger partial charge in [0.15, 0.2) is 0 Å². The van der Waals surface area contributed by atoms with E-state index < -0.39 is 11.8 Å². The summed E-state index contributed by atoms with van der Waals surface area (Å²) >= 11 is 6.31. The molecule has 1 heterocycles. The van der Waals surface area contributed by atoms with Crippen molar-refractivity contribution in [3.63, 3.8) is 0 Å². The number of aryl methyl sites for hydroxylation is 1. The number of phenols is 1. The van der Waals surface area contributed by atoms with Crippen molar-refractivity contribution < 1.29 is 24.6 Å². The average Bonchev–Trinajstić information content (AvgIpc) is 3.19. The molecule has 1 aliphatic rings. The Balaban J connectivity index is 1.77. The number of hydrogen-bond acceptors (Lipinski definition) is 6. The van der Waals surface area contributed by atoms with Gasteiger partial charge in [-0.05, 0) is 68.8 Å². The number of carbonyl (C=O) groups is 2. The van der Waals surface area contributed by atoms with Crippen LogP contribution in [0.3, 0.4) is 0 Å². The number of aromatic hydroxyl groups is 1. The first-order valence-corrected chi connectivity index (χ1v) is 9.53. The van der Waals surface area contributed by atoms with Gasteiger partial charge in [-0.3, -0.25) is 19.7 Å². The van der Waals surface area contributed by atoms with Crippen molar-refractivity contribution in [2.45, 2.75) is 26.3 Å². The molecule has 2 aromatic carbocycles. The summed E-state index contributed by atoms with van der Waals surface area (Å²) < 4.78 is 5.94. The first kappa shape index (κ1) is 20.9. The predicted molar refractivity (Wildman–Crippen MR) is 107 cm³/mol. The number of hydrogen-bond donors (Lipinski definition) is 4. The molecule has 0 unspecified atom stereocenters. The molecule has 4 N–H and O–H groups in total. The van der Waals surface area contributed by atoms with Gasteiger partial charge in [-0.25, -0.2) is 5.48 Å². The van der Waals surface area contributed by atoms with Crippen molar-refractivity contribution in [2.75, 3.05) is 18.4 Å². The molecule has 2 aromatic rings. The van der Waals surface area contributed by atoms with E-state index in [0.29, 0.717) is 23.6 Å². The Hall–Kier alpha value is -2.81. The summed E-state index contributed by atoms with van der Waals surface area (Å²) in [6.45, 7) is 4.41. The number of carbonyl (C=O) groups excluding carboxylic acids is 2. The van der Waals surface area contributed by atoms with Crippen LogP contribution in [0.5, 0.6) is 17.2 Å². The highest BCUT2D eigenvalue weighted by Gasteiger charge is 2.17. The van der Waals surface area contributed by atoms with Crippen molar-refractivity contribution in [2.24, 2.45) is 0 Å². The van der Waals surface area contributed by atoms with Gasteiger partial charge in [0.2, 0.25) is 0 Å². The van der Waals surface area contributed by atoms with Gasteiger partial charge in [-0.1, -0.05) is 11.6 Å². The number of amides is 2. The SMILES string of the molecule is Cc1cc(NC(=O)C(=O)NO)cc(Cl)c1Oc1ccc(O)c(CN2CCCC2)c1. The van der Waals surface area contributed by atoms with Crippen LogP contribution in [0, 0.1) is 6.92 Å². The summed E-state index contributed by atoms with van der Waals surface area (Å²) in [5.41, 5.74) is 2.95. The number of phenolic OH excluding ortho intramolecular Hbond substituents is 1. The summed E-state index contributed by atoms with van der Waals surface area (Å²) in [6, 6.07) is 8.06. The molecule has 0 aromatic heterocycles. The van der Waals surface area contributed by atoms with E-state index in [9.17, 15) is 14.7 Å². The molecule has 0 saturated carbocycles. The van der Waals surface area contributed by atoms with E-state index in [1.165, 1.54) is 11.5 Å². The Morgan fingerprint density at radius 1 is 1.17 bits per heavy atom. The van der Waals surface area contributed by atoms with Gasteiger partial charge >= 0.3 is 11.8 Å². The summed E-state index contributed by atoms with van der Waals surface area (Å²) in [4.78, 5) is 25.0. The lowest BCUT2D eigenvalue weighted by Crippen LogP contribution is -2.33. The van der Waals surface area contributed by atoms with Crippen molar-refractivity contribution in [3.8, 4) is 17.2 Å². The maximum atomic E-state index is 11.6. The summed E-state index contributed by atoms with van der Waals surface area (Å²) in [5, 5.41) is 21.2. The minimum Gasteiger partial charge on any atom is -0.508 e. The van der Waals surface area contributed by atoms with E-state index in [-0.39, 0.29) is 16.5 Å². The molecule has 1 saturated heterocycles. The molecular formula is C20H22ClN3O5. The third-order valence-electron chi connectivity index (χ3n) is 4.66. The van der Waals surface area contributed by atoms with Crippen LogP contribution in [-0.4, -0.2) is 40.1 Å². The molecule has 8 nitrogen and oxygen atoms in total. The molecular weight excluding hydrogens is 398 g/mol. The molecule has 1 fully saturated rings. The fraction of sp³-hybridized carbons (Fsp3) is 0.300. The van der Waals surface area contributed by atoms with Crippen molar-refractivity contribution in [1.29, 1.82) is 0 Å². The van der Waals surface area contributed by atoms with Crippen LogP contribution in [0.25, 0.3) is 0 Å². The molecule has 0 atom stereocenters. The van der Waals surface area contributed by atoms with Gasteiger partial charge in [0.25, 0.3) is 0 Å². The number of hydroxylamine groups is 1. The van der Waals surface area contributed by atoms with Gasteiger partial charge in [0.1, 0.15) is 17.2 Å². The van der Waals surface area contributed by atoms with Crippen molar-refractivity contribution in [3.05, 3.63) is 46.5 Å². The third-order valence-corrected chi connectivity index (χ3v) is 4.94. The van der Waals surface area contributed by atoms with Gasteiger partial charge < -0.3 is 15.2 Å². The number of likely N-dealkylation sites (tertiary alicyclic amines) is 1. The molecule has 29 heavy (non-hydrogen) atoms. The topological polar surface area (TPSA) is 111 Å². The Labute approximate surface area is 173 Å². The maximum Gasteiger partial charge on any atom is 0.332 e. The van der Waals surface area contributed by atoms with Crippen molar-refractivity contribution in [1.82, 2.24) is 10.4 Å². The number of halogens is 1. The highest BCUT2D eigenvalue weighted by atomic mass is 35.5. The van der Waals surface area contributed by atoms with Crippen LogP contribution in [0.1, 0.15) is 24.0 Å². The lowest BCUT2D eigenvalue weighted by molar-refractivity contribution is -0.141. The van der Waals surface area contributed by atoms with Crippen LogP contribution in [-0.2, 0) is 16.1 Å². The zero-order valence-electron chi connectivity index (χ0n) is 15.9. The van der Waals surface area contributed by atoms with Gasteiger partial charge in [-0.15, -0.1) is 0 Å². The fourth-order valence-corrected chi connectivity index (χ4v) is 3.53.